The van der Waals surface area contributed by atoms with Crippen molar-refractivity contribution in [2.45, 2.75) is 51.7 Å². The minimum Gasteiger partial charge on any atom is -0.345 e. The van der Waals surface area contributed by atoms with Crippen LogP contribution in [0.25, 0.3) is 0 Å². The standard InChI is InChI=1S/C15H25N5O/c1-11-7-16-14(18-11)8-17-15(21)19-9-13(10-19)20-6-4-3-5-12(20)2/h7,12-13H,3-6,8-10H2,1-2H3,(H,16,18)(H,17,21). The summed E-state index contributed by atoms with van der Waals surface area (Å²) < 4.78 is 0. The number of aryl methyl sites for hydroxylation is 1. The fraction of sp³-hybridized carbons (Fsp3) is 0.733. The molecule has 0 aliphatic carbocycles. The van der Waals surface area contributed by atoms with Gasteiger partial charge in [-0.15, -0.1) is 0 Å². The molecule has 2 aliphatic heterocycles. The van der Waals surface area contributed by atoms with Gasteiger partial charge in [0.15, 0.2) is 0 Å². The van der Waals surface area contributed by atoms with Crippen molar-refractivity contribution in [1.29, 1.82) is 0 Å². The van der Waals surface area contributed by atoms with Crippen molar-refractivity contribution in [2.24, 2.45) is 0 Å². The number of carbonyl (C=O) groups excluding carboxylic acids is 1. The molecule has 0 aromatic carbocycles. The minimum absolute atomic E-state index is 0.0185. The minimum atomic E-state index is 0.0185. The summed E-state index contributed by atoms with van der Waals surface area (Å²) in [5, 5.41) is 2.92. The largest absolute Gasteiger partial charge is 0.345 e. The lowest BCUT2D eigenvalue weighted by Crippen LogP contribution is -2.64. The van der Waals surface area contributed by atoms with E-state index in [1.165, 1.54) is 25.8 Å². The second-order valence-corrected chi connectivity index (χ2v) is 6.31. The van der Waals surface area contributed by atoms with Crippen LogP contribution in [0.3, 0.4) is 0 Å². The number of nitrogens with zero attached hydrogens (tertiary/aromatic N) is 3. The molecule has 1 aromatic rings. The number of hydrogen-bond donors (Lipinski definition) is 2. The molecule has 2 N–H and O–H groups in total. The van der Waals surface area contributed by atoms with E-state index in [1.807, 2.05) is 11.8 Å². The first-order valence-corrected chi connectivity index (χ1v) is 7.92. The van der Waals surface area contributed by atoms with Gasteiger partial charge in [-0.1, -0.05) is 6.42 Å². The molecule has 0 spiro atoms. The Morgan fingerprint density at radius 1 is 1.48 bits per heavy atom. The molecule has 6 heteroatoms. The molecule has 21 heavy (non-hydrogen) atoms. The third kappa shape index (κ3) is 3.20. The van der Waals surface area contributed by atoms with Gasteiger partial charge < -0.3 is 15.2 Å². The van der Waals surface area contributed by atoms with Crippen molar-refractivity contribution >= 4 is 6.03 Å². The van der Waals surface area contributed by atoms with Crippen molar-refractivity contribution in [3.05, 3.63) is 17.7 Å². The fourth-order valence-corrected chi connectivity index (χ4v) is 3.32. The molecule has 116 valence electrons. The van der Waals surface area contributed by atoms with E-state index >= 15 is 0 Å². The van der Waals surface area contributed by atoms with Crippen LogP contribution in [0.5, 0.6) is 0 Å². The molecule has 0 radical (unpaired) electrons. The van der Waals surface area contributed by atoms with Crippen LogP contribution in [0.2, 0.25) is 0 Å². The summed E-state index contributed by atoms with van der Waals surface area (Å²) in [5.41, 5.74) is 1.02. The molecule has 2 aliphatic rings. The van der Waals surface area contributed by atoms with Gasteiger partial charge in [0.2, 0.25) is 0 Å². The Morgan fingerprint density at radius 3 is 2.95 bits per heavy atom. The third-order valence-electron chi connectivity index (χ3n) is 4.64. The molecule has 0 bridgehead atoms. The molecular formula is C15H25N5O. The van der Waals surface area contributed by atoms with Gasteiger partial charge >= 0.3 is 6.03 Å². The number of aromatic amines is 1. The average molecular weight is 291 g/mol. The van der Waals surface area contributed by atoms with E-state index in [-0.39, 0.29) is 6.03 Å². The zero-order chi connectivity index (χ0) is 14.8. The number of rotatable bonds is 3. The summed E-state index contributed by atoms with van der Waals surface area (Å²) in [6.07, 6.45) is 5.71. The first-order valence-electron chi connectivity index (χ1n) is 7.92. The third-order valence-corrected chi connectivity index (χ3v) is 4.64. The van der Waals surface area contributed by atoms with Gasteiger partial charge in [-0.3, -0.25) is 4.90 Å². The molecular weight excluding hydrogens is 266 g/mol. The van der Waals surface area contributed by atoms with E-state index in [1.54, 1.807) is 6.20 Å². The lowest BCUT2D eigenvalue weighted by Gasteiger charge is -2.49. The van der Waals surface area contributed by atoms with E-state index in [4.69, 9.17) is 0 Å². The molecule has 3 rings (SSSR count). The Labute approximate surface area is 125 Å². The number of carbonyl (C=O) groups is 1. The number of likely N-dealkylation sites (tertiary alicyclic amines) is 2. The zero-order valence-electron chi connectivity index (χ0n) is 12.9. The molecule has 1 atom stereocenters. The SMILES string of the molecule is Cc1cnc(CNC(=O)N2CC(N3CCCCC3C)C2)[nH]1. The van der Waals surface area contributed by atoms with Crippen LogP contribution in [-0.2, 0) is 6.54 Å². The highest BCUT2D eigenvalue weighted by Crippen LogP contribution is 2.24. The lowest BCUT2D eigenvalue weighted by molar-refractivity contribution is 0.0168. The number of aromatic nitrogens is 2. The Hall–Kier alpha value is -1.56. The average Bonchev–Trinajstić information content (AvgIpc) is 2.83. The molecule has 2 fully saturated rings. The van der Waals surface area contributed by atoms with Crippen LogP contribution < -0.4 is 5.32 Å². The predicted molar refractivity (Wildman–Crippen MR) is 80.9 cm³/mol. The highest BCUT2D eigenvalue weighted by molar-refractivity contribution is 5.75. The van der Waals surface area contributed by atoms with Crippen LogP contribution >= 0.6 is 0 Å². The summed E-state index contributed by atoms with van der Waals surface area (Å²) in [7, 11) is 0. The molecule has 2 saturated heterocycles. The van der Waals surface area contributed by atoms with Crippen LogP contribution in [0.15, 0.2) is 6.20 Å². The van der Waals surface area contributed by atoms with Crippen molar-refractivity contribution in [1.82, 2.24) is 25.1 Å². The molecule has 1 aromatic heterocycles. The quantitative estimate of drug-likeness (QED) is 0.887. The number of nitrogens with one attached hydrogen (secondary N) is 2. The van der Waals surface area contributed by atoms with Gasteiger partial charge in [0, 0.05) is 37.1 Å². The summed E-state index contributed by atoms with van der Waals surface area (Å²) in [6, 6.07) is 1.24. The Balaban J connectivity index is 1.42. The normalized spacial score (nSPS) is 23.9. The second kappa shape index (κ2) is 6.05. The fourth-order valence-electron chi connectivity index (χ4n) is 3.32. The van der Waals surface area contributed by atoms with Crippen LogP contribution in [0, 0.1) is 6.92 Å². The monoisotopic (exact) mass is 291 g/mol. The number of imidazole rings is 1. The topological polar surface area (TPSA) is 64.3 Å². The molecule has 6 nitrogen and oxygen atoms in total. The highest BCUT2D eigenvalue weighted by atomic mass is 16.2. The van der Waals surface area contributed by atoms with Gasteiger partial charge in [-0.2, -0.15) is 0 Å². The maximum Gasteiger partial charge on any atom is 0.317 e. The van der Waals surface area contributed by atoms with Crippen molar-refractivity contribution in [3.63, 3.8) is 0 Å². The molecule has 2 amide bonds. The van der Waals surface area contributed by atoms with Crippen molar-refractivity contribution < 1.29 is 4.79 Å². The van der Waals surface area contributed by atoms with Gasteiger partial charge in [0.1, 0.15) is 5.82 Å². The molecule has 0 saturated carbocycles. The van der Waals surface area contributed by atoms with Crippen LogP contribution in [0.4, 0.5) is 4.79 Å². The maximum atomic E-state index is 12.1. The number of hydrogen-bond acceptors (Lipinski definition) is 3. The van der Waals surface area contributed by atoms with Gasteiger partial charge in [0.05, 0.1) is 6.54 Å². The Bertz CT molecular complexity index is 494. The number of urea groups is 1. The highest BCUT2D eigenvalue weighted by Gasteiger charge is 2.37. The maximum absolute atomic E-state index is 12.1. The van der Waals surface area contributed by atoms with Crippen molar-refractivity contribution in [3.8, 4) is 0 Å². The lowest BCUT2D eigenvalue weighted by atomic mass is 9.98. The smallest absolute Gasteiger partial charge is 0.317 e. The summed E-state index contributed by atoms with van der Waals surface area (Å²) in [5.74, 6) is 0.808. The predicted octanol–water partition coefficient (Wildman–Crippen LogP) is 1.49. The second-order valence-electron chi connectivity index (χ2n) is 6.31. The summed E-state index contributed by atoms with van der Waals surface area (Å²) in [6.45, 7) is 7.63. The van der Waals surface area contributed by atoms with E-state index in [9.17, 15) is 4.79 Å². The van der Waals surface area contributed by atoms with Gasteiger partial charge in [-0.05, 0) is 33.2 Å². The molecule has 1 unspecified atom stereocenters. The van der Waals surface area contributed by atoms with Crippen LogP contribution in [0.1, 0.15) is 37.7 Å². The van der Waals surface area contributed by atoms with E-state index < -0.39 is 0 Å². The van der Waals surface area contributed by atoms with E-state index in [0.717, 1.165) is 24.6 Å². The van der Waals surface area contributed by atoms with Gasteiger partial charge in [-0.25, -0.2) is 9.78 Å². The molecule has 3 heterocycles. The van der Waals surface area contributed by atoms with Gasteiger partial charge in [0.25, 0.3) is 0 Å². The number of piperidine rings is 1. The zero-order valence-corrected chi connectivity index (χ0v) is 12.9. The Kier molecular flexibility index (Phi) is 4.14. The summed E-state index contributed by atoms with van der Waals surface area (Å²) in [4.78, 5) is 23.8. The number of amides is 2. The van der Waals surface area contributed by atoms with E-state index in [2.05, 4.69) is 27.1 Å². The summed E-state index contributed by atoms with van der Waals surface area (Å²) >= 11 is 0. The Morgan fingerprint density at radius 2 is 2.29 bits per heavy atom. The van der Waals surface area contributed by atoms with Crippen LogP contribution in [-0.4, -0.2) is 57.5 Å². The number of H-pyrrole nitrogens is 1. The first kappa shape index (κ1) is 14.4. The van der Waals surface area contributed by atoms with Crippen molar-refractivity contribution in [2.75, 3.05) is 19.6 Å². The first-order chi connectivity index (χ1) is 10.1. The van der Waals surface area contributed by atoms with E-state index in [0.29, 0.717) is 18.6 Å².